The third kappa shape index (κ3) is 3.67. The van der Waals surface area contributed by atoms with Crippen molar-refractivity contribution in [3.05, 3.63) is 30.2 Å². The molecule has 0 bridgehead atoms. The largest absolute Gasteiger partial charge is 0.485 e. The Labute approximate surface area is 138 Å². The first-order valence-electron chi connectivity index (χ1n) is 7.31. The van der Waals surface area contributed by atoms with Crippen molar-refractivity contribution in [1.82, 2.24) is 10.2 Å². The summed E-state index contributed by atoms with van der Waals surface area (Å²) < 4.78 is 17.0. The number of rotatable bonds is 4. The zero-order chi connectivity index (χ0) is 16.4. The van der Waals surface area contributed by atoms with Gasteiger partial charge in [-0.2, -0.15) is 0 Å². The molecule has 1 aliphatic heterocycles. The lowest BCUT2D eigenvalue weighted by molar-refractivity contribution is -0.123. The molecule has 0 fully saturated rings. The van der Waals surface area contributed by atoms with Crippen molar-refractivity contribution in [2.45, 2.75) is 32.1 Å². The lowest BCUT2D eigenvalue weighted by Crippen LogP contribution is -2.22. The molecular weight excluding hydrogens is 316 g/mol. The minimum atomic E-state index is -0.440. The zero-order valence-electron chi connectivity index (χ0n) is 13.2. The number of benzene rings is 1. The Morgan fingerprint density at radius 3 is 2.74 bits per heavy atom. The Morgan fingerprint density at radius 2 is 2.00 bits per heavy atom. The predicted octanol–water partition coefficient (Wildman–Crippen LogP) is 3.29. The van der Waals surface area contributed by atoms with E-state index in [0.29, 0.717) is 35.0 Å². The summed E-state index contributed by atoms with van der Waals surface area (Å²) in [5.41, 5.74) is -0.375. The summed E-state index contributed by atoms with van der Waals surface area (Å²) in [5.74, 6) is 2.14. The lowest BCUT2D eigenvalue weighted by Gasteiger charge is -2.23. The molecule has 0 saturated heterocycles. The third-order valence-electron chi connectivity index (χ3n) is 3.37. The van der Waals surface area contributed by atoms with E-state index in [0.717, 1.165) is 0 Å². The Bertz CT molecular complexity index is 708. The van der Waals surface area contributed by atoms with E-state index in [2.05, 4.69) is 10.2 Å². The van der Waals surface area contributed by atoms with Crippen molar-refractivity contribution >= 4 is 17.5 Å². The van der Waals surface area contributed by atoms with Crippen LogP contribution in [0.5, 0.6) is 11.5 Å². The van der Waals surface area contributed by atoms with Gasteiger partial charge in [-0.1, -0.05) is 44.7 Å². The van der Waals surface area contributed by atoms with Crippen molar-refractivity contribution in [2.75, 3.05) is 12.4 Å². The van der Waals surface area contributed by atoms with Gasteiger partial charge in [0.2, 0.25) is 6.10 Å². The summed E-state index contributed by atoms with van der Waals surface area (Å²) in [6.45, 7) is 5.98. The normalized spacial score (nSPS) is 17.1. The molecule has 0 amide bonds. The molecule has 2 heterocycles. The first kappa shape index (κ1) is 15.9. The van der Waals surface area contributed by atoms with E-state index in [1.807, 2.05) is 45.0 Å². The number of carbonyl (C=O) groups excluding carboxylic acids is 1. The van der Waals surface area contributed by atoms with Crippen LogP contribution in [-0.4, -0.2) is 28.3 Å². The number of hydrogen-bond donors (Lipinski definition) is 0. The lowest BCUT2D eigenvalue weighted by atomic mass is 9.92. The van der Waals surface area contributed by atoms with E-state index in [1.54, 1.807) is 0 Å². The van der Waals surface area contributed by atoms with Crippen LogP contribution in [0, 0.1) is 5.41 Å². The maximum Gasteiger partial charge on any atom is 0.277 e. The van der Waals surface area contributed by atoms with Crippen LogP contribution in [0.25, 0.3) is 0 Å². The summed E-state index contributed by atoms with van der Waals surface area (Å²) in [4.78, 5) is 11.9. The quantitative estimate of drug-likeness (QED) is 0.794. The molecule has 6 nitrogen and oxygen atoms in total. The molecule has 1 atom stereocenters. The van der Waals surface area contributed by atoms with E-state index in [1.165, 1.54) is 11.8 Å². The van der Waals surface area contributed by atoms with E-state index in [4.69, 9.17) is 13.9 Å². The van der Waals surface area contributed by atoms with Crippen LogP contribution in [0.15, 0.2) is 33.9 Å². The van der Waals surface area contributed by atoms with Crippen molar-refractivity contribution in [3.8, 4) is 11.5 Å². The van der Waals surface area contributed by atoms with Crippen molar-refractivity contribution in [2.24, 2.45) is 5.41 Å². The minimum Gasteiger partial charge on any atom is -0.485 e. The Hall–Kier alpha value is -2.02. The molecule has 0 spiro atoms. The molecular formula is C16H18N2O4S. The highest BCUT2D eigenvalue weighted by Crippen LogP contribution is 2.36. The second kappa shape index (κ2) is 6.23. The molecule has 1 aromatic heterocycles. The smallest absolute Gasteiger partial charge is 0.277 e. The number of fused-ring (bicyclic) bond motifs is 1. The van der Waals surface area contributed by atoms with Crippen LogP contribution in [0.2, 0.25) is 0 Å². The van der Waals surface area contributed by atoms with Gasteiger partial charge in [-0.3, -0.25) is 4.79 Å². The topological polar surface area (TPSA) is 74.5 Å². The summed E-state index contributed by atoms with van der Waals surface area (Å²) in [6, 6.07) is 7.43. The second-order valence-electron chi connectivity index (χ2n) is 6.23. The minimum absolute atomic E-state index is 0.133. The first-order valence-corrected chi connectivity index (χ1v) is 8.30. The zero-order valence-corrected chi connectivity index (χ0v) is 14.1. The van der Waals surface area contributed by atoms with E-state index in [9.17, 15) is 4.79 Å². The van der Waals surface area contributed by atoms with Crippen LogP contribution < -0.4 is 9.47 Å². The molecule has 7 heteroatoms. The highest BCUT2D eigenvalue weighted by Gasteiger charge is 2.28. The number of para-hydroxylation sites is 2. The fourth-order valence-electron chi connectivity index (χ4n) is 1.89. The highest BCUT2D eigenvalue weighted by molar-refractivity contribution is 7.99. The Kier molecular flexibility index (Phi) is 4.30. The van der Waals surface area contributed by atoms with Gasteiger partial charge in [0, 0.05) is 5.41 Å². The van der Waals surface area contributed by atoms with Crippen molar-refractivity contribution in [1.29, 1.82) is 0 Å². The van der Waals surface area contributed by atoms with Gasteiger partial charge in [0.05, 0.1) is 5.75 Å². The van der Waals surface area contributed by atoms with Crippen LogP contribution in [-0.2, 0) is 4.79 Å². The number of Topliss-reactive ketones (excluding diaryl/α,β-unsaturated/α-hetero) is 1. The average molecular weight is 334 g/mol. The van der Waals surface area contributed by atoms with Crippen molar-refractivity contribution < 1.29 is 18.7 Å². The molecule has 3 rings (SSSR count). The Balaban J connectivity index is 1.63. The molecule has 0 aliphatic carbocycles. The summed E-state index contributed by atoms with van der Waals surface area (Å²) >= 11 is 1.24. The summed E-state index contributed by atoms with van der Waals surface area (Å²) in [7, 11) is 0. The van der Waals surface area contributed by atoms with Crippen LogP contribution in [0.3, 0.4) is 0 Å². The highest BCUT2D eigenvalue weighted by atomic mass is 32.2. The molecule has 1 aliphatic rings. The van der Waals surface area contributed by atoms with Gasteiger partial charge in [0.15, 0.2) is 11.5 Å². The molecule has 1 aromatic carbocycles. The number of carbonyl (C=O) groups is 1. The van der Waals surface area contributed by atoms with Crippen LogP contribution >= 0.6 is 11.8 Å². The number of ether oxygens (including phenoxy) is 2. The SMILES string of the molecule is CC(C)(C)C(=O)CSc1nnc(C2COc3ccccc3O2)o1. The van der Waals surface area contributed by atoms with E-state index >= 15 is 0 Å². The summed E-state index contributed by atoms with van der Waals surface area (Å²) in [5, 5.41) is 8.32. The number of nitrogens with zero attached hydrogens (tertiary/aromatic N) is 2. The third-order valence-corrected chi connectivity index (χ3v) is 4.19. The maximum absolute atomic E-state index is 11.9. The molecule has 122 valence electrons. The van der Waals surface area contributed by atoms with Gasteiger partial charge in [-0.25, -0.2) is 0 Å². The molecule has 0 radical (unpaired) electrons. The number of ketones is 1. The monoisotopic (exact) mass is 334 g/mol. The van der Waals surface area contributed by atoms with Gasteiger partial charge in [-0.15, -0.1) is 10.2 Å². The van der Waals surface area contributed by atoms with Gasteiger partial charge >= 0.3 is 0 Å². The number of aromatic nitrogens is 2. The number of thioether (sulfide) groups is 1. The van der Waals surface area contributed by atoms with E-state index in [-0.39, 0.29) is 11.2 Å². The van der Waals surface area contributed by atoms with Gasteiger partial charge in [0.1, 0.15) is 12.4 Å². The number of hydrogen-bond acceptors (Lipinski definition) is 7. The van der Waals surface area contributed by atoms with Crippen LogP contribution in [0.4, 0.5) is 0 Å². The Morgan fingerprint density at radius 1 is 1.26 bits per heavy atom. The molecule has 2 aromatic rings. The first-order chi connectivity index (χ1) is 10.9. The summed E-state index contributed by atoms with van der Waals surface area (Å²) in [6.07, 6.45) is -0.440. The van der Waals surface area contributed by atoms with E-state index < -0.39 is 6.10 Å². The molecule has 0 N–H and O–H groups in total. The molecule has 0 saturated carbocycles. The fourth-order valence-corrected chi connectivity index (χ4v) is 2.82. The van der Waals surface area contributed by atoms with Gasteiger partial charge in [-0.05, 0) is 12.1 Å². The fraction of sp³-hybridized carbons (Fsp3) is 0.438. The van der Waals surface area contributed by atoms with Crippen LogP contribution in [0.1, 0.15) is 32.8 Å². The van der Waals surface area contributed by atoms with Gasteiger partial charge in [0.25, 0.3) is 11.1 Å². The van der Waals surface area contributed by atoms with Gasteiger partial charge < -0.3 is 13.9 Å². The molecule has 1 unspecified atom stereocenters. The maximum atomic E-state index is 11.9. The average Bonchev–Trinajstić information content (AvgIpc) is 3.00. The second-order valence-corrected chi connectivity index (χ2v) is 7.16. The van der Waals surface area contributed by atoms with Crippen molar-refractivity contribution in [3.63, 3.8) is 0 Å². The standard InChI is InChI=1S/C16H18N2O4S/c1-16(2,3)13(19)9-23-15-18-17-14(22-15)12-8-20-10-6-4-5-7-11(10)21-12/h4-7,12H,8-9H2,1-3H3. The molecule has 23 heavy (non-hydrogen) atoms. The predicted molar refractivity (Wildman–Crippen MR) is 84.8 cm³/mol.